The highest BCUT2D eigenvalue weighted by Gasteiger charge is 2.38. The van der Waals surface area contributed by atoms with Crippen LogP contribution in [0.15, 0.2) is 59.6 Å². The van der Waals surface area contributed by atoms with Crippen LogP contribution in [-0.2, 0) is 25.7 Å². The lowest BCUT2D eigenvalue weighted by molar-refractivity contribution is -0.143. The number of aliphatic carboxylic acids is 1. The molecule has 0 bridgehead atoms. The number of rotatable bonds is 6. The van der Waals surface area contributed by atoms with Gasteiger partial charge in [0.1, 0.15) is 23.3 Å². The minimum absolute atomic E-state index is 0.0278. The molecule has 3 heterocycles. The number of carbonyl (C=O) groups excluding carboxylic acids is 1. The average molecular weight is 622 g/mol. The lowest BCUT2D eigenvalue weighted by Crippen LogP contribution is -2.59. The fourth-order valence-corrected chi connectivity index (χ4v) is 5.41. The highest BCUT2D eigenvalue weighted by atomic mass is 32.2. The lowest BCUT2D eigenvalue weighted by Gasteiger charge is -2.40. The summed E-state index contributed by atoms with van der Waals surface area (Å²) in [5.74, 6) is -1.51. The van der Waals surface area contributed by atoms with Gasteiger partial charge in [0, 0.05) is 18.7 Å². The quantitative estimate of drug-likeness (QED) is 0.398. The number of aromatic nitrogens is 2. The number of hydrogen-bond acceptors (Lipinski definition) is 8. The van der Waals surface area contributed by atoms with E-state index < -0.39 is 56.2 Å². The molecular weight excluding hydrogens is 591 g/mol. The highest BCUT2D eigenvalue weighted by Crippen LogP contribution is 2.38. The number of carboxylic acids is 1. The van der Waals surface area contributed by atoms with Gasteiger partial charge in [0.05, 0.1) is 17.8 Å². The molecule has 2 N–H and O–H groups in total. The van der Waals surface area contributed by atoms with Gasteiger partial charge in [-0.2, -0.15) is 21.6 Å². The Kier molecular flexibility index (Phi) is 8.58. The first-order chi connectivity index (χ1) is 20.0. The van der Waals surface area contributed by atoms with Crippen LogP contribution in [0.4, 0.5) is 29.6 Å². The van der Waals surface area contributed by atoms with Crippen molar-refractivity contribution in [3.63, 3.8) is 0 Å². The fourth-order valence-electron chi connectivity index (χ4n) is 4.45. The standard InChI is InChI=1S/C28H30F3N5O6S/c1-17-8-5-6-9-18(17)24-19(28(29,30)31)12-13-21(32-24)34-43(40,41)23-11-7-10-22(33-23)35-14-15-36(20(16-35)25(37)38)26(39)42-27(2,3)4/h5-13,20H,14-16H2,1-4H3,(H,32,34)(H,37,38)/t20-/m1/s1. The average Bonchev–Trinajstić information content (AvgIpc) is 2.91. The van der Waals surface area contributed by atoms with Crippen molar-refractivity contribution in [2.45, 2.75) is 50.5 Å². The number of piperazine rings is 1. The van der Waals surface area contributed by atoms with Gasteiger partial charge in [0.15, 0.2) is 5.03 Å². The third kappa shape index (κ3) is 7.34. The van der Waals surface area contributed by atoms with Crippen LogP contribution in [-0.4, -0.2) is 71.7 Å². The number of amides is 1. The smallest absolute Gasteiger partial charge is 0.418 e. The Labute approximate surface area is 246 Å². The second-order valence-electron chi connectivity index (χ2n) is 10.8. The number of ether oxygens (including phenoxy) is 1. The number of sulfonamides is 1. The van der Waals surface area contributed by atoms with Crippen LogP contribution in [0.2, 0.25) is 0 Å². The number of pyridine rings is 2. The minimum Gasteiger partial charge on any atom is -0.480 e. The molecule has 0 unspecified atom stereocenters. The van der Waals surface area contributed by atoms with Crippen molar-refractivity contribution < 1.29 is 41.0 Å². The number of hydrogen-bond donors (Lipinski definition) is 2. The molecule has 1 atom stereocenters. The van der Waals surface area contributed by atoms with Crippen LogP contribution in [0.1, 0.15) is 31.9 Å². The zero-order chi connectivity index (χ0) is 31.7. The van der Waals surface area contributed by atoms with Gasteiger partial charge < -0.3 is 14.7 Å². The van der Waals surface area contributed by atoms with Crippen LogP contribution < -0.4 is 9.62 Å². The molecule has 1 aromatic carbocycles. The number of alkyl halides is 3. The number of anilines is 2. The summed E-state index contributed by atoms with van der Waals surface area (Å²) in [5, 5.41) is 9.31. The number of carboxylic acid groups (broad SMARTS) is 1. The van der Waals surface area contributed by atoms with E-state index in [1.165, 1.54) is 29.2 Å². The van der Waals surface area contributed by atoms with Gasteiger partial charge in [-0.25, -0.2) is 19.6 Å². The molecule has 1 aliphatic heterocycles. The zero-order valence-electron chi connectivity index (χ0n) is 23.7. The maximum Gasteiger partial charge on any atom is 0.418 e. The Morgan fingerprint density at radius 1 is 1.00 bits per heavy atom. The van der Waals surface area contributed by atoms with Crippen molar-refractivity contribution in [1.82, 2.24) is 14.9 Å². The molecule has 11 nitrogen and oxygen atoms in total. The molecular formula is C28H30F3N5O6S. The molecule has 1 amide bonds. The van der Waals surface area contributed by atoms with Crippen molar-refractivity contribution in [1.29, 1.82) is 0 Å². The van der Waals surface area contributed by atoms with E-state index in [-0.39, 0.29) is 36.8 Å². The molecule has 1 aliphatic rings. The van der Waals surface area contributed by atoms with E-state index >= 15 is 0 Å². The predicted molar refractivity (Wildman–Crippen MR) is 151 cm³/mol. The molecule has 15 heteroatoms. The molecule has 0 aliphatic carbocycles. The van der Waals surface area contributed by atoms with Gasteiger partial charge >= 0.3 is 18.2 Å². The van der Waals surface area contributed by atoms with E-state index in [2.05, 4.69) is 14.7 Å². The van der Waals surface area contributed by atoms with Crippen LogP contribution in [0.3, 0.4) is 0 Å². The molecule has 230 valence electrons. The molecule has 0 radical (unpaired) electrons. The first kappa shape index (κ1) is 31.5. The first-order valence-corrected chi connectivity index (χ1v) is 14.6. The summed E-state index contributed by atoms with van der Waals surface area (Å²) in [6.45, 7) is 6.50. The minimum atomic E-state index is -4.74. The van der Waals surface area contributed by atoms with Crippen molar-refractivity contribution in [2.24, 2.45) is 0 Å². The van der Waals surface area contributed by atoms with Crippen LogP contribution >= 0.6 is 0 Å². The third-order valence-corrected chi connectivity index (χ3v) is 7.70. The van der Waals surface area contributed by atoms with Crippen LogP contribution in [0, 0.1) is 6.92 Å². The second-order valence-corrected chi connectivity index (χ2v) is 12.4. The number of nitrogens with zero attached hydrogens (tertiary/aromatic N) is 4. The summed E-state index contributed by atoms with van der Waals surface area (Å²) in [4.78, 5) is 35.4. The topological polar surface area (TPSA) is 142 Å². The normalized spacial score (nSPS) is 16.1. The molecule has 43 heavy (non-hydrogen) atoms. The maximum atomic E-state index is 13.8. The van der Waals surface area contributed by atoms with Gasteiger partial charge in [-0.05, 0) is 57.5 Å². The Morgan fingerprint density at radius 2 is 1.70 bits per heavy atom. The van der Waals surface area contributed by atoms with E-state index in [9.17, 15) is 36.3 Å². The van der Waals surface area contributed by atoms with Crippen molar-refractivity contribution >= 4 is 33.7 Å². The Balaban J connectivity index is 1.60. The molecule has 4 rings (SSSR count). The summed E-state index contributed by atoms with van der Waals surface area (Å²) in [7, 11) is -4.44. The summed E-state index contributed by atoms with van der Waals surface area (Å²) in [6, 6.07) is 10.7. The number of nitrogens with one attached hydrogen (secondary N) is 1. The van der Waals surface area contributed by atoms with Crippen LogP contribution in [0.5, 0.6) is 0 Å². The van der Waals surface area contributed by atoms with Gasteiger partial charge in [-0.1, -0.05) is 30.3 Å². The summed E-state index contributed by atoms with van der Waals surface area (Å²) < 4.78 is 75.4. The SMILES string of the molecule is Cc1ccccc1-c1nc(NS(=O)(=O)c2cccc(N3CCN(C(=O)OC(C)(C)C)[C@@H](C(=O)O)C3)n2)ccc1C(F)(F)F. The molecule has 1 saturated heterocycles. The largest absolute Gasteiger partial charge is 0.480 e. The van der Waals surface area contributed by atoms with E-state index in [0.717, 1.165) is 17.0 Å². The zero-order valence-corrected chi connectivity index (χ0v) is 24.5. The van der Waals surface area contributed by atoms with Gasteiger partial charge in [-0.3, -0.25) is 9.62 Å². The van der Waals surface area contributed by atoms with Gasteiger partial charge in [0.25, 0.3) is 10.0 Å². The van der Waals surface area contributed by atoms with Crippen molar-refractivity contribution in [2.75, 3.05) is 29.3 Å². The van der Waals surface area contributed by atoms with Crippen LogP contribution in [0.25, 0.3) is 11.3 Å². The van der Waals surface area contributed by atoms with Gasteiger partial charge in [-0.15, -0.1) is 0 Å². The van der Waals surface area contributed by atoms with E-state index in [1.807, 2.05) is 0 Å². The van der Waals surface area contributed by atoms with E-state index in [4.69, 9.17) is 4.74 Å². The Bertz CT molecular complexity index is 1640. The summed E-state index contributed by atoms with van der Waals surface area (Å²) in [6.07, 6.45) is -5.53. The van der Waals surface area contributed by atoms with Crippen molar-refractivity contribution in [3.05, 3.63) is 65.7 Å². The third-order valence-electron chi connectivity index (χ3n) is 6.44. The fraction of sp³-hybridized carbons (Fsp3) is 0.357. The molecule has 0 saturated carbocycles. The summed E-state index contributed by atoms with van der Waals surface area (Å²) >= 11 is 0. The first-order valence-electron chi connectivity index (χ1n) is 13.1. The van der Waals surface area contributed by atoms with Gasteiger partial charge in [0.2, 0.25) is 0 Å². The maximum absolute atomic E-state index is 13.8. The molecule has 2 aromatic heterocycles. The number of benzene rings is 1. The number of aryl methyl sites for hydroxylation is 1. The predicted octanol–water partition coefficient (Wildman–Crippen LogP) is 4.78. The second kappa shape index (κ2) is 11.7. The molecule has 3 aromatic rings. The monoisotopic (exact) mass is 621 g/mol. The lowest BCUT2D eigenvalue weighted by atomic mass is 10.0. The Hall–Kier alpha value is -4.40. The number of carbonyl (C=O) groups is 2. The highest BCUT2D eigenvalue weighted by molar-refractivity contribution is 7.92. The van der Waals surface area contributed by atoms with E-state index in [1.54, 1.807) is 45.9 Å². The molecule has 0 spiro atoms. The summed E-state index contributed by atoms with van der Waals surface area (Å²) in [5.41, 5.74) is -1.59. The van der Waals surface area contributed by atoms with Crippen molar-refractivity contribution in [3.8, 4) is 11.3 Å². The van der Waals surface area contributed by atoms with E-state index in [0.29, 0.717) is 5.56 Å². The molecule has 1 fully saturated rings. The number of halogens is 3. The Morgan fingerprint density at radius 3 is 2.33 bits per heavy atom.